The van der Waals surface area contributed by atoms with Gasteiger partial charge < -0.3 is 10.0 Å². The Morgan fingerprint density at radius 2 is 2.11 bits per heavy atom. The number of aliphatic hydroxyl groups excluding tert-OH is 1. The molecular weight excluding hydrogens is 279 g/mol. The lowest BCUT2D eigenvalue weighted by atomic mass is 9.96. The molecule has 1 fully saturated rings. The highest BCUT2D eigenvalue weighted by Crippen LogP contribution is 2.36. The number of anilines is 1. The van der Waals surface area contributed by atoms with Crippen molar-refractivity contribution in [3.05, 3.63) is 28.8 Å². The Bertz CT molecular complexity index is 450. The second-order valence-electron chi connectivity index (χ2n) is 4.76. The summed E-state index contributed by atoms with van der Waals surface area (Å²) in [7, 11) is 0. The molecule has 1 unspecified atom stereocenters. The van der Waals surface area contributed by atoms with Crippen molar-refractivity contribution in [2.45, 2.75) is 25.6 Å². The van der Waals surface area contributed by atoms with Gasteiger partial charge in [0.15, 0.2) is 0 Å². The van der Waals surface area contributed by atoms with Gasteiger partial charge in [-0.1, -0.05) is 17.7 Å². The topological polar surface area (TPSA) is 23.5 Å². The van der Waals surface area contributed by atoms with E-state index in [2.05, 4.69) is 0 Å². The highest BCUT2D eigenvalue weighted by Gasteiger charge is 2.42. The molecule has 1 heterocycles. The van der Waals surface area contributed by atoms with Gasteiger partial charge in [0.2, 0.25) is 0 Å². The molecule has 2 nitrogen and oxygen atoms in total. The predicted octanol–water partition coefficient (Wildman–Crippen LogP) is 3.61. The average Bonchev–Trinajstić information content (AvgIpc) is 2.38. The summed E-state index contributed by atoms with van der Waals surface area (Å²) in [5, 5.41) is 9.73. The number of alkyl halides is 3. The van der Waals surface area contributed by atoms with Gasteiger partial charge in [-0.05, 0) is 25.0 Å². The lowest BCUT2D eigenvalue weighted by molar-refractivity contribution is -0.176. The van der Waals surface area contributed by atoms with Crippen LogP contribution in [0.15, 0.2) is 18.2 Å². The first-order chi connectivity index (χ1) is 8.91. The summed E-state index contributed by atoms with van der Waals surface area (Å²) in [6.07, 6.45) is -3.52. The second-order valence-corrected chi connectivity index (χ2v) is 5.19. The maximum atomic E-state index is 12.8. The highest BCUT2D eigenvalue weighted by atomic mass is 35.5. The Hall–Kier alpha value is -0.940. The Morgan fingerprint density at radius 1 is 1.37 bits per heavy atom. The van der Waals surface area contributed by atoms with Crippen molar-refractivity contribution in [1.29, 1.82) is 0 Å². The third kappa shape index (κ3) is 3.34. The van der Waals surface area contributed by atoms with Gasteiger partial charge in [-0.2, -0.15) is 13.2 Å². The van der Waals surface area contributed by atoms with Gasteiger partial charge in [0.1, 0.15) is 0 Å². The molecule has 0 bridgehead atoms. The summed E-state index contributed by atoms with van der Waals surface area (Å²) in [6, 6.07) is 4.89. The molecule has 1 aliphatic heterocycles. The minimum Gasteiger partial charge on any atom is -0.392 e. The molecule has 1 atom stereocenters. The molecule has 2 rings (SSSR count). The minimum absolute atomic E-state index is 0.0726. The number of rotatable bonds is 2. The zero-order valence-electron chi connectivity index (χ0n) is 10.3. The van der Waals surface area contributed by atoms with Crippen LogP contribution in [0, 0.1) is 5.92 Å². The Labute approximate surface area is 114 Å². The third-order valence-electron chi connectivity index (χ3n) is 3.44. The molecule has 0 saturated carbocycles. The van der Waals surface area contributed by atoms with Crippen molar-refractivity contribution < 1.29 is 18.3 Å². The Kier molecular flexibility index (Phi) is 4.26. The molecule has 106 valence electrons. The SMILES string of the molecule is OCc1ccc(Cl)cc1N1CCCC(C(F)(F)F)C1. The first kappa shape index (κ1) is 14.5. The quantitative estimate of drug-likeness (QED) is 0.900. The number of piperidine rings is 1. The third-order valence-corrected chi connectivity index (χ3v) is 3.68. The number of benzene rings is 1. The summed E-state index contributed by atoms with van der Waals surface area (Å²) < 4.78 is 38.4. The van der Waals surface area contributed by atoms with E-state index >= 15 is 0 Å². The number of halogens is 4. The van der Waals surface area contributed by atoms with Gasteiger partial charge >= 0.3 is 6.18 Å². The number of aliphatic hydroxyl groups is 1. The average molecular weight is 294 g/mol. The van der Waals surface area contributed by atoms with Gasteiger partial charge in [0, 0.05) is 29.4 Å². The summed E-state index contributed by atoms with van der Waals surface area (Å²) >= 11 is 5.89. The van der Waals surface area contributed by atoms with Crippen molar-refractivity contribution in [3.8, 4) is 0 Å². The number of hydrogen-bond donors (Lipinski definition) is 1. The van der Waals surface area contributed by atoms with E-state index in [0.717, 1.165) is 0 Å². The summed E-state index contributed by atoms with van der Waals surface area (Å²) in [6.45, 7) is 0.274. The lowest BCUT2D eigenvalue weighted by Crippen LogP contribution is -2.42. The van der Waals surface area contributed by atoms with Crippen LogP contribution in [0.3, 0.4) is 0 Å². The van der Waals surface area contributed by atoms with Crippen molar-refractivity contribution >= 4 is 17.3 Å². The van der Waals surface area contributed by atoms with Crippen molar-refractivity contribution in [1.82, 2.24) is 0 Å². The van der Waals surface area contributed by atoms with E-state index in [9.17, 15) is 18.3 Å². The number of nitrogens with zero attached hydrogens (tertiary/aromatic N) is 1. The Balaban J connectivity index is 2.24. The molecule has 1 saturated heterocycles. The summed E-state index contributed by atoms with van der Waals surface area (Å²) in [5.74, 6) is -1.31. The normalized spacial score (nSPS) is 20.7. The molecule has 0 amide bonds. The zero-order valence-corrected chi connectivity index (χ0v) is 11.0. The lowest BCUT2D eigenvalue weighted by Gasteiger charge is -2.36. The summed E-state index contributed by atoms with van der Waals surface area (Å²) in [5.41, 5.74) is 1.20. The molecule has 0 aromatic heterocycles. The van der Waals surface area contributed by atoms with Crippen molar-refractivity contribution in [2.75, 3.05) is 18.0 Å². The maximum absolute atomic E-state index is 12.8. The molecular formula is C13H15ClF3NO. The first-order valence-electron chi connectivity index (χ1n) is 6.12. The van der Waals surface area contributed by atoms with Gasteiger partial charge in [-0.15, -0.1) is 0 Å². The summed E-state index contributed by atoms with van der Waals surface area (Å²) in [4.78, 5) is 1.67. The largest absolute Gasteiger partial charge is 0.393 e. The van der Waals surface area contributed by atoms with E-state index in [-0.39, 0.29) is 19.6 Å². The standard InChI is InChI=1S/C13H15ClF3NO/c14-11-4-3-9(8-19)12(6-11)18-5-1-2-10(7-18)13(15,16)17/h3-4,6,10,19H,1-2,5,7-8H2. The van der Waals surface area contributed by atoms with Gasteiger partial charge in [-0.3, -0.25) is 0 Å². The fourth-order valence-electron chi connectivity index (χ4n) is 2.43. The van der Waals surface area contributed by atoms with E-state index < -0.39 is 12.1 Å². The second kappa shape index (κ2) is 5.59. The van der Waals surface area contributed by atoms with Crippen LogP contribution in [0.2, 0.25) is 5.02 Å². The number of hydrogen-bond acceptors (Lipinski definition) is 2. The van der Waals surface area contributed by atoms with E-state index in [0.29, 0.717) is 29.2 Å². The zero-order chi connectivity index (χ0) is 14.0. The molecule has 0 radical (unpaired) electrons. The Morgan fingerprint density at radius 3 is 2.74 bits per heavy atom. The van der Waals surface area contributed by atoms with Crippen LogP contribution >= 0.6 is 11.6 Å². The van der Waals surface area contributed by atoms with E-state index in [1.165, 1.54) is 0 Å². The van der Waals surface area contributed by atoms with Crippen LogP contribution < -0.4 is 4.90 Å². The molecule has 1 aliphatic rings. The van der Waals surface area contributed by atoms with Crippen LogP contribution in [0.1, 0.15) is 18.4 Å². The van der Waals surface area contributed by atoms with Gasteiger partial charge in [-0.25, -0.2) is 0 Å². The highest BCUT2D eigenvalue weighted by molar-refractivity contribution is 6.30. The predicted molar refractivity (Wildman–Crippen MR) is 68.4 cm³/mol. The van der Waals surface area contributed by atoms with Gasteiger partial charge in [0.05, 0.1) is 12.5 Å². The molecule has 19 heavy (non-hydrogen) atoms. The van der Waals surface area contributed by atoms with Crippen LogP contribution in [0.5, 0.6) is 0 Å². The molecule has 1 N–H and O–H groups in total. The molecule has 0 spiro atoms. The molecule has 1 aromatic carbocycles. The maximum Gasteiger partial charge on any atom is 0.393 e. The first-order valence-corrected chi connectivity index (χ1v) is 6.50. The van der Waals surface area contributed by atoms with E-state index in [1.54, 1.807) is 23.1 Å². The fraction of sp³-hybridized carbons (Fsp3) is 0.538. The van der Waals surface area contributed by atoms with Crippen LogP contribution in [0.25, 0.3) is 0 Å². The van der Waals surface area contributed by atoms with E-state index in [1.807, 2.05) is 0 Å². The van der Waals surface area contributed by atoms with Gasteiger partial charge in [0.25, 0.3) is 0 Å². The monoisotopic (exact) mass is 293 g/mol. The van der Waals surface area contributed by atoms with Crippen molar-refractivity contribution in [2.24, 2.45) is 5.92 Å². The molecule has 1 aromatic rings. The molecule has 0 aliphatic carbocycles. The smallest absolute Gasteiger partial charge is 0.392 e. The van der Waals surface area contributed by atoms with Crippen molar-refractivity contribution in [3.63, 3.8) is 0 Å². The minimum atomic E-state index is -4.17. The van der Waals surface area contributed by atoms with E-state index in [4.69, 9.17) is 11.6 Å². The van der Waals surface area contributed by atoms with Crippen LogP contribution in [-0.2, 0) is 6.61 Å². The van der Waals surface area contributed by atoms with Crippen LogP contribution in [-0.4, -0.2) is 24.4 Å². The molecule has 6 heteroatoms. The fourth-order valence-corrected chi connectivity index (χ4v) is 2.59. The van der Waals surface area contributed by atoms with Crippen LogP contribution in [0.4, 0.5) is 18.9 Å².